The van der Waals surface area contributed by atoms with Gasteiger partial charge < -0.3 is 0 Å². The predicted molar refractivity (Wildman–Crippen MR) is 80.4 cm³/mol. The first kappa shape index (κ1) is 14.2. The van der Waals surface area contributed by atoms with E-state index in [1.54, 1.807) is 0 Å². The number of halogens is 1. The summed E-state index contributed by atoms with van der Waals surface area (Å²) in [5.41, 5.74) is 0.489. The molecule has 0 N–H and O–H groups in total. The first-order chi connectivity index (χ1) is 8.54. The number of likely N-dealkylation sites (tertiary alicyclic amines) is 1. The van der Waals surface area contributed by atoms with Crippen molar-refractivity contribution in [2.45, 2.75) is 33.1 Å². The van der Waals surface area contributed by atoms with Crippen LogP contribution in [0.1, 0.15) is 42.8 Å². The van der Waals surface area contributed by atoms with Crippen LogP contribution >= 0.6 is 27.3 Å². The third-order valence-electron chi connectivity index (χ3n) is 4.15. The zero-order chi connectivity index (χ0) is 13.2. The first-order valence-corrected chi connectivity index (χ1v) is 8.20. The highest BCUT2D eigenvalue weighted by molar-refractivity contribution is 9.10. The van der Waals surface area contributed by atoms with Crippen molar-refractivity contribution in [2.24, 2.45) is 5.41 Å². The number of Topliss-reactive ketones (excluding diaryl/α,β-unsaturated/α-hetero) is 1. The summed E-state index contributed by atoms with van der Waals surface area (Å²) in [6.45, 7) is 7.31. The smallest absolute Gasteiger partial charge is 0.187 e. The standard InChI is InChI=1S/C14H20BrNOS/c1-3-14(2)5-7-16(8-6-14)10-12(17)13-11(15)4-9-18-13/h4,9H,3,5-8,10H2,1-2H3. The van der Waals surface area contributed by atoms with Gasteiger partial charge in [-0.25, -0.2) is 0 Å². The lowest BCUT2D eigenvalue weighted by Crippen LogP contribution is -2.40. The van der Waals surface area contributed by atoms with E-state index in [9.17, 15) is 4.79 Å². The molecule has 1 saturated heterocycles. The zero-order valence-electron chi connectivity index (χ0n) is 11.0. The maximum Gasteiger partial charge on any atom is 0.187 e. The molecule has 0 unspecified atom stereocenters. The summed E-state index contributed by atoms with van der Waals surface area (Å²) in [5, 5.41) is 1.96. The van der Waals surface area contributed by atoms with Crippen LogP contribution in [0.2, 0.25) is 0 Å². The number of ketones is 1. The highest BCUT2D eigenvalue weighted by atomic mass is 79.9. The lowest BCUT2D eigenvalue weighted by Gasteiger charge is -2.38. The Hall–Kier alpha value is -0.190. The van der Waals surface area contributed by atoms with Gasteiger partial charge in [0.2, 0.25) is 0 Å². The van der Waals surface area contributed by atoms with E-state index < -0.39 is 0 Å². The Morgan fingerprint density at radius 2 is 2.17 bits per heavy atom. The van der Waals surface area contributed by atoms with E-state index in [4.69, 9.17) is 0 Å². The molecule has 0 aliphatic carbocycles. The Morgan fingerprint density at radius 1 is 1.50 bits per heavy atom. The second-order valence-corrected chi connectivity index (χ2v) is 7.23. The monoisotopic (exact) mass is 329 g/mol. The van der Waals surface area contributed by atoms with E-state index in [0.717, 1.165) is 22.4 Å². The van der Waals surface area contributed by atoms with Crippen molar-refractivity contribution >= 4 is 33.0 Å². The van der Waals surface area contributed by atoms with E-state index in [-0.39, 0.29) is 5.78 Å². The second-order valence-electron chi connectivity index (χ2n) is 5.46. The lowest BCUT2D eigenvalue weighted by molar-refractivity contribution is 0.0816. The van der Waals surface area contributed by atoms with Gasteiger partial charge in [-0.15, -0.1) is 11.3 Å². The molecular formula is C14H20BrNOS. The van der Waals surface area contributed by atoms with Gasteiger partial charge in [-0.3, -0.25) is 9.69 Å². The fourth-order valence-electron chi connectivity index (χ4n) is 2.37. The molecule has 0 aromatic carbocycles. The van der Waals surface area contributed by atoms with Gasteiger partial charge in [-0.2, -0.15) is 0 Å². The average molecular weight is 330 g/mol. The lowest BCUT2D eigenvalue weighted by atomic mass is 9.78. The maximum absolute atomic E-state index is 12.2. The Kier molecular flexibility index (Phi) is 4.62. The fraction of sp³-hybridized carbons (Fsp3) is 0.643. The summed E-state index contributed by atoms with van der Waals surface area (Å²) in [5.74, 6) is 0.247. The van der Waals surface area contributed by atoms with Gasteiger partial charge in [0.15, 0.2) is 5.78 Å². The normalized spacial score (nSPS) is 19.9. The summed E-state index contributed by atoms with van der Waals surface area (Å²) < 4.78 is 0.938. The summed E-state index contributed by atoms with van der Waals surface area (Å²) in [4.78, 5) is 15.3. The van der Waals surface area contributed by atoms with E-state index in [1.165, 1.54) is 30.6 Å². The van der Waals surface area contributed by atoms with Crippen LogP contribution in [0, 0.1) is 5.41 Å². The molecule has 1 aliphatic heterocycles. The van der Waals surface area contributed by atoms with Gasteiger partial charge in [0.1, 0.15) is 0 Å². The van der Waals surface area contributed by atoms with E-state index in [2.05, 4.69) is 34.7 Å². The van der Waals surface area contributed by atoms with Crippen LogP contribution in [-0.2, 0) is 0 Å². The van der Waals surface area contributed by atoms with Gasteiger partial charge in [-0.05, 0) is 58.7 Å². The van der Waals surface area contributed by atoms with Gasteiger partial charge in [0, 0.05) is 4.47 Å². The van der Waals surface area contributed by atoms with Crippen LogP contribution in [-0.4, -0.2) is 30.3 Å². The number of rotatable bonds is 4. The summed E-state index contributed by atoms with van der Waals surface area (Å²) in [6, 6.07) is 1.95. The van der Waals surface area contributed by atoms with Crippen molar-refractivity contribution in [1.29, 1.82) is 0 Å². The Morgan fingerprint density at radius 3 is 2.67 bits per heavy atom. The Labute approximate surface area is 122 Å². The van der Waals surface area contributed by atoms with E-state index in [0.29, 0.717) is 12.0 Å². The number of hydrogen-bond acceptors (Lipinski definition) is 3. The molecular weight excluding hydrogens is 310 g/mol. The Bertz CT molecular complexity index is 421. The van der Waals surface area contributed by atoms with Crippen molar-refractivity contribution in [3.8, 4) is 0 Å². The molecule has 1 aromatic heterocycles. The summed E-state index contributed by atoms with van der Waals surface area (Å²) in [7, 11) is 0. The largest absolute Gasteiger partial charge is 0.296 e. The Balaban J connectivity index is 1.89. The highest BCUT2D eigenvalue weighted by Gasteiger charge is 2.29. The van der Waals surface area contributed by atoms with Crippen molar-refractivity contribution in [1.82, 2.24) is 4.90 Å². The molecule has 0 radical (unpaired) electrons. The van der Waals surface area contributed by atoms with Crippen molar-refractivity contribution in [2.75, 3.05) is 19.6 Å². The molecule has 0 amide bonds. The van der Waals surface area contributed by atoms with Crippen LogP contribution in [0.15, 0.2) is 15.9 Å². The molecule has 4 heteroatoms. The molecule has 100 valence electrons. The number of thiophene rings is 1. The molecule has 0 saturated carbocycles. The fourth-order valence-corrected chi connectivity index (χ4v) is 3.90. The molecule has 2 heterocycles. The third-order valence-corrected chi connectivity index (χ3v) is 6.03. The van der Waals surface area contributed by atoms with Crippen LogP contribution in [0.25, 0.3) is 0 Å². The number of hydrogen-bond donors (Lipinski definition) is 0. The molecule has 1 aliphatic rings. The zero-order valence-corrected chi connectivity index (χ0v) is 13.4. The number of carbonyl (C=O) groups excluding carboxylic acids is 1. The molecule has 1 aromatic rings. The third kappa shape index (κ3) is 3.22. The molecule has 2 rings (SSSR count). The van der Waals surface area contributed by atoms with Crippen LogP contribution < -0.4 is 0 Å². The molecule has 2 nitrogen and oxygen atoms in total. The van der Waals surface area contributed by atoms with Crippen LogP contribution in [0.3, 0.4) is 0 Å². The SMILES string of the molecule is CCC1(C)CCN(CC(=O)c2sccc2Br)CC1. The first-order valence-electron chi connectivity index (χ1n) is 6.52. The minimum Gasteiger partial charge on any atom is -0.296 e. The topological polar surface area (TPSA) is 20.3 Å². The van der Waals surface area contributed by atoms with Gasteiger partial charge >= 0.3 is 0 Å². The van der Waals surface area contributed by atoms with Crippen molar-refractivity contribution in [3.05, 3.63) is 20.8 Å². The second kappa shape index (κ2) is 5.85. The van der Waals surface area contributed by atoms with Crippen LogP contribution in [0.4, 0.5) is 0 Å². The summed E-state index contributed by atoms with van der Waals surface area (Å²) >= 11 is 4.96. The van der Waals surface area contributed by atoms with E-state index in [1.807, 2.05) is 11.4 Å². The summed E-state index contributed by atoms with van der Waals surface area (Å²) in [6.07, 6.45) is 3.66. The predicted octanol–water partition coefficient (Wildman–Crippen LogP) is 4.21. The minimum atomic E-state index is 0.247. The number of piperidine rings is 1. The number of carbonyl (C=O) groups is 1. The minimum absolute atomic E-state index is 0.247. The van der Waals surface area contributed by atoms with Crippen molar-refractivity contribution < 1.29 is 4.79 Å². The number of nitrogens with zero attached hydrogens (tertiary/aromatic N) is 1. The van der Waals surface area contributed by atoms with E-state index >= 15 is 0 Å². The van der Waals surface area contributed by atoms with Gasteiger partial charge in [0.25, 0.3) is 0 Å². The quantitative estimate of drug-likeness (QED) is 0.771. The average Bonchev–Trinajstić information content (AvgIpc) is 2.79. The van der Waals surface area contributed by atoms with Crippen LogP contribution in [0.5, 0.6) is 0 Å². The molecule has 18 heavy (non-hydrogen) atoms. The molecule has 1 fully saturated rings. The molecule has 0 bridgehead atoms. The highest BCUT2D eigenvalue weighted by Crippen LogP contribution is 2.34. The molecule has 0 spiro atoms. The molecule has 0 atom stereocenters. The van der Waals surface area contributed by atoms with Gasteiger partial charge in [-0.1, -0.05) is 20.3 Å². The van der Waals surface area contributed by atoms with Gasteiger partial charge in [0.05, 0.1) is 11.4 Å². The van der Waals surface area contributed by atoms with Crippen molar-refractivity contribution in [3.63, 3.8) is 0 Å². The maximum atomic E-state index is 12.2.